The minimum absolute atomic E-state index is 0.441. The van der Waals surface area contributed by atoms with Crippen molar-refractivity contribution in [2.24, 2.45) is 10.8 Å². The van der Waals surface area contributed by atoms with Crippen LogP contribution in [0.1, 0.15) is 26.7 Å². The van der Waals surface area contributed by atoms with Crippen molar-refractivity contribution in [1.82, 2.24) is 10.7 Å². The van der Waals surface area contributed by atoms with Gasteiger partial charge in [-0.3, -0.25) is 10.4 Å². The van der Waals surface area contributed by atoms with Gasteiger partial charge in [0.05, 0.1) is 0 Å². The van der Waals surface area contributed by atoms with Crippen molar-refractivity contribution in [2.45, 2.75) is 32.7 Å². The van der Waals surface area contributed by atoms with Crippen molar-refractivity contribution in [2.75, 3.05) is 18.6 Å². The SMILES string of the molecule is CCCN=C(NN)NC(CC)CSC. The van der Waals surface area contributed by atoms with E-state index >= 15 is 0 Å². The molecule has 0 saturated carbocycles. The molecule has 0 aliphatic carbocycles. The monoisotopic (exact) mass is 218 g/mol. The quantitative estimate of drug-likeness (QED) is 0.269. The zero-order chi connectivity index (χ0) is 10.8. The Hall–Kier alpha value is -0.420. The highest BCUT2D eigenvalue weighted by Crippen LogP contribution is 2.00. The van der Waals surface area contributed by atoms with Crippen LogP contribution in [0.2, 0.25) is 0 Å². The van der Waals surface area contributed by atoms with Gasteiger partial charge in [-0.25, -0.2) is 5.84 Å². The summed E-state index contributed by atoms with van der Waals surface area (Å²) in [6.45, 7) is 5.06. The first-order valence-electron chi connectivity index (χ1n) is 5.04. The van der Waals surface area contributed by atoms with Crippen molar-refractivity contribution in [3.05, 3.63) is 0 Å². The predicted molar refractivity (Wildman–Crippen MR) is 65.5 cm³/mol. The van der Waals surface area contributed by atoms with E-state index in [1.165, 1.54) is 0 Å². The first kappa shape index (κ1) is 13.6. The van der Waals surface area contributed by atoms with E-state index in [1.54, 1.807) is 0 Å². The number of nitrogens with zero attached hydrogens (tertiary/aromatic N) is 1. The maximum atomic E-state index is 5.36. The average Bonchev–Trinajstić information content (AvgIpc) is 2.22. The van der Waals surface area contributed by atoms with E-state index in [1.807, 2.05) is 11.8 Å². The fourth-order valence-corrected chi connectivity index (χ4v) is 1.73. The lowest BCUT2D eigenvalue weighted by atomic mass is 10.3. The van der Waals surface area contributed by atoms with Crippen LogP contribution in [0.5, 0.6) is 0 Å². The summed E-state index contributed by atoms with van der Waals surface area (Å²) in [5, 5.41) is 3.28. The molecule has 0 aliphatic rings. The fraction of sp³-hybridized carbons (Fsp3) is 0.889. The highest BCUT2D eigenvalue weighted by atomic mass is 32.2. The van der Waals surface area contributed by atoms with E-state index in [9.17, 15) is 0 Å². The third-order valence-electron chi connectivity index (χ3n) is 1.83. The van der Waals surface area contributed by atoms with Crippen molar-refractivity contribution in [3.8, 4) is 0 Å². The van der Waals surface area contributed by atoms with Gasteiger partial charge in [0.2, 0.25) is 5.96 Å². The van der Waals surface area contributed by atoms with Gasteiger partial charge in [-0.1, -0.05) is 13.8 Å². The second-order valence-electron chi connectivity index (χ2n) is 3.08. The highest BCUT2D eigenvalue weighted by molar-refractivity contribution is 7.98. The van der Waals surface area contributed by atoms with E-state index < -0.39 is 0 Å². The molecule has 0 radical (unpaired) electrons. The van der Waals surface area contributed by atoms with Crippen LogP contribution in [0.15, 0.2) is 4.99 Å². The standard InChI is InChI=1S/C9H22N4S/c1-4-6-11-9(13-10)12-8(5-2)7-14-3/h8H,4-7,10H2,1-3H3,(H2,11,12,13). The van der Waals surface area contributed by atoms with Crippen molar-refractivity contribution >= 4 is 17.7 Å². The largest absolute Gasteiger partial charge is 0.352 e. The molecule has 5 heteroatoms. The lowest BCUT2D eigenvalue weighted by Crippen LogP contribution is -2.47. The Balaban J connectivity index is 3.99. The smallest absolute Gasteiger partial charge is 0.205 e. The molecule has 0 aromatic heterocycles. The summed E-state index contributed by atoms with van der Waals surface area (Å²) in [5.41, 5.74) is 2.59. The molecule has 0 spiro atoms. The lowest BCUT2D eigenvalue weighted by Gasteiger charge is -2.18. The molecule has 0 aromatic carbocycles. The summed E-state index contributed by atoms with van der Waals surface area (Å²) in [6.07, 6.45) is 4.21. The van der Waals surface area contributed by atoms with Gasteiger partial charge in [-0.05, 0) is 19.1 Å². The van der Waals surface area contributed by atoms with Gasteiger partial charge in [0, 0.05) is 18.3 Å². The van der Waals surface area contributed by atoms with E-state index in [4.69, 9.17) is 5.84 Å². The van der Waals surface area contributed by atoms with Gasteiger partial charge in [0.25, 0.3) is 0 Å². The van der Waals surface area contributed by atoms with Gasteiger partial charge in [-0.2, -0.15) is 11.8 Å². The Labute approximate surface area is 91.1 Å². The summed E-state index contributed by atoms with van der Waals surface area (Å²) >= 11 is 1.82. The Morgan fingerprint density at radius 1 is 1.50 bits per heavy atom. The van der Waals surface area contributed by atoms with Crippen molar-refractivity contribution < 1.29 is 0 Å². The molecule has 0 fully saturated rings. The molecule has 1 unspecified atom stereocenters. The van der Waals surface area contributed by atoms with Crippen LogP contribution in [0.3, 0.4) is 0 Å². The van der Waals surface area contributed by atoms with Crippen LogP contribution in [-0.4, -0.2) is 30.6 Å². The molecule has 0 rings (SSSR count). The topological polar surface area (TPSA) is 62.4 Å². The minimum atomic E-state index is 0.441. The summed E-state index contributed by atoms with van der Waals surface area (Å²) in [6, 6.07) is 0.441. The summed E-state index contributed by atoms with van der Waals surface area (Å²) in [7, 11) is 0. The van der Waals surface area contributed by atoms with Crippen LogP contribution in [0.4, 0.5) is 0 Å². The third kappa shape index (κ3) is 6.10. The predicted octanol–water partition coefficient (Wildman–Crippen LogP) is 0.947. The third-order valence-corrected chi connectivity index (χ3v) is 2.57. The number of hydrazine groups is 1. The van der Waals surface area contributed by atoms with Crippen LogP contribution < -0.4 is 16.6 Å². The van der Waals surface area contributed by atoms with Crippen LogP contribution in [-0.2, 0) is 0 Å². The van der Waals surface area contributed by atoms with E-state index in [0.29, 0.717) is 12.0 Å². The van der Waals surface area contributed by atoms with Gasteiger partial charge in [0.1, 0.15) is 0 Å². The first-order chi connectivity index (χ1) is 6.78. The number of thioether (sulfide) groups is 1. The summed E-state index contributed by atoms with van der Waals surface area (Å²) in [4.78, 5) is 4.29. The molecule has 84 valence electrons. The molecule has 4 nitrogen and oxygen atoms in total. The second-order valence-corrected chi connectivity index (χ2v) is 3.99. The number of hydrogen-bond donors (Lipinski definition) is 3. The van der Waals surface area contributed by atoms with Crippen molar-refractivity contribution in [3.63, 3.8) is 0 Å². The van der Waals surface area contributed by atoms with Gasteiger partial charge >= 0.3 is 0 Å². The molecular formula is C9H22N4S. The fourth-order valence-electron chi connectivity index (χ4n) is 1.01. The lowest BCUT2D eigenvalue weighted by molar-refractivity contribution is 0.633. The number of rotatable bonds is 6. The molecule has 1 atom stereocenters. The molecule has 0 saturated heterocycles. The normalized spacial score (nSPS) is 13.9. The molecular weight excluding hydrogens is 196 g/mol. The number of nitrogens with one attached hydrogen (secondary N) is 2. The zero-order valence-electron chi connectivity index (χ0n) is 9.34. The van der Waals surface area contributed by atoms with E-state index in [0.717, 1.165) is 25.1 Å². The van der Waals surface area contributed by atoms with Crippen LogP contribution in [0.25, 0.3) is 0 Å². The Morgan fingerprint density at radius 3 is 2.64 bits per heavy atom. The van der Waals surface area contributed by atoms with Gasteiger partial charge in [0.15, 0.2) is 0 Å². The highest BCUT2D eigenvalue weighted by Gasteiger charge is 2.06. The molecule has 14 heavy (non-hydrogen) atoms. The maximum Gasteiger partial charge on any atom is 0.205 e. The summed E-state index contributed by atoms with van der Waals surface area (Å²) in [5.74, 6) is 7.14. The van der Waals surface area contributed by atoms with E-state index in [-0.39, 0.29) is 0 Å². The summed E-state index contributed by atoms with van der Waals surface area (Å²) < 4.78 is 0. The maximum absolute atomic E-state index is 5.36. The second kappa shape index (κ2) is 9.15. The average molecular weight is 218 g/mol. The molecule has 0 aliphatic heterocycles. The van der Waals surface area contributed by atoms with E-state index in [2.05, 4.69) is 35.8 Å². The number of guanidine groups is 1. The van der Waals surface area contributed by atoms with Crippen LogP contribution >= 0.6 is 11.8 Å². The van der Waals surface area contributed by atoms with Gasteiger partial charge < -0.3 is 5.32 Å². The van der Waals surface area contributed by atoms with Crippen LogP contribution in [0, 0.1) is 0 Å². The molecule has 0 heterocycles. The Kier molecular flexibility index (Phi) is 8.87. The number of aliphatic imine (C=N–C) groups is 1. The Morgan fingerprint density at radius 2 is 2.21 bits per heavy atom. The number of nitrogens with two attached hydrogens (primary N) is 1. The molecule has 0 bridgehead atoms. The Bertz CT molecular complexity index is 161. The van der Waals surface area contributed by atoms with Gasteiger partial charge in [-0.15, -0.1) is 0 Å². The number of hydrogen-bond acceptors (Lipinski definition) is 3. The zero-order valence-corrected chi connectivity index (χ0v) is 10.2. The first-order valence-corrected chi connectivity index (χ1v) is 6.44. The molecule has 0 amide bonds. The molecule has 0 aromatic rings. The molecule has 4 N–H and O–H groups in total. The van der Waals surface area contributed by atoms with Crippen molar-refractivity contribution in [1.29, 1.82) is 0 Å². The minimum Gasteiger partial charge on any atom is -0.352 e.